The molecule has 1 unspecified atom stereocenters. The monoisotopic (exact) mass is 266 g/mol. The molecule has 2 rings (SSSR count). The Morgan fingerprint density at radius 2 is 2.37 bits per heavy atom. The Kier molecular flexibility index (Phi) is 4.31. The molecule has 0 bridgehead atoms. The number of anilines is 2. The topological polar surface area (TPSA) is 62.5 Å². The van der Waals surface area contributed by atoms with Crippen molar-refractivity contribution >= 4 is 17.4 Å². The first-order valence-corrected chi connectivity index (χ1v) is 6.40. The van der Waals surface area contributed by atoms with Crippen molar-refractivity contribution in [3.63, 3.8) is 0 Å². The van der Waals surface area contributed by atoms with E-state index in [1.807, 2.05) is 11.9 Å². The van der Waals surface area contributed by atoms with Crippen molar-refractivity contribution in [3.8, 4) is 0 Å². The minimum atomic E-state index is -0.382. The fraction of sp³-hybridized carbons (Fsp3) is 0.538. The first kappa shape index (κ1) is 13.7. The fourth-order valence-electron chi connectivity index (χ4n) is 2.34. The summed E-state index contributed by atoms with van der Waals surface area (Å²) in [7, 11) is 1.86. The standard InChI is InChI=1S/C13H19FN4O/c1-17(7-5-14)10-4-6-18(13(19)8-10)11-2-3-12(15)16-9-11/h2-3,9-10H,4-8H2,1H3,(H2,15,16). The van der Waals surface area contributed by atoms with Crippen LogP contribution in [0.25, 0.3) is 0 Å². The van der Waals surface area contributed by atoms with E-state index in [4.69, 9.17) is 5.73 Å². The number of alkyl halides is 1. The third-order valence-electron chi connectivity index (χ3n) is 3.54. The molecule has 1 fully saturated rings. The Hall–Kier alpha value is -1.69. The average Bonchev–Trinajstić information content (AvgIpc) is 2.40. The summed E-state index contributed by atoms with van der Waals surface area (Å²) in [4.78, 5) is 19.8. The molecule has 1 aliphatic heterocycles. The van der Waals surface area contributed by atoms with Gasteiger partial charge in [0.15, 0.2) is 0 Å². The molecular weight excluding hydrogens is 247 g/mol. The lowest BCUT2D eigenvalue weighted by Crippen LogP contribution is -2.47. The van der Waals surface area contributed by atoms with Crippen LogP contribution in [0.3, 0.4) is 0 Å². The third-order valence-corrected chi connectivity index (χ3v) is 3.54. The second-order valence-corrected chi connectivity index (χ2v) is 4.80. The van der Waals surface area contributed by atoms with Crippen LogP contribution in [0.1, 0.15) is 12.8 Å². The van der Waals surface area contributed by atoms with Gasteiger partial charge in [-0.1, -0.05) is 0 Å². The van der Waals surface area contributed by atoms with Crippen LogP contribution < -0.4 is 10.6 Å². The number of halogens is 1. The largest absolute Gasteiger partial charge is 0.384 e. The molecule has 0 spiro atoms. The smallest absolute Gasteiger partial charge is 0.228 e. The first-order valence-electron chi connectivity index (χ1n) is 6.40. The molecule has 6 heteroatoms. The highest BCUT2D eigenvalue weighted by Gasteiger charge is 2.29. The van der Waals surface area contributed by atoms with Crippen LogP contribution in [0.15, 0.2) is 18.3 Å². The van der Waals surface area contributed by atoms with Gasteiger partial charge in [0, 0.05) is 25.6 Å². The van der Waals surface area contributed by atoms with E-state index in [0.29, 0.717) is 25.3 Å². The lowest BCUT2D eigenvalue weighted by Gasteiger charge is -2.35. The van der Waals surface area contributed by atoms with Gasteiger partial charge in [-0.2, -0.15) is 0 Å². The van der Waals surface area contributed by atoms with Gasteiger partial charge in [-0.15, -0.1) is 0 Å². The summed E-state index contributed by atoms with van der Waals surface area (Å²) < 4.78 is 12.3. The number of nitrogens with two attached hydrogens (primary N) is 1. The van der Waals surface area contributed by atoms with Crippen LogP contribution in [-0.4, -0.2) is 48.6 Å². The van der Waals surface area contributed by atoms with Gasteiger partial charge in [-0.25, -0.2) is 9.37 Å². The van der Waals surface area contributed by atoms with Gasteiger partial charge in [-0.3, -0.25) is 4.79 Å². The molecule has 1 aromatic heterocycles. The van der Waals surface area contributed by atoms with E-state index >= 15 is 0 Å². The summed E-state index contributed by atoms with van der Waals surface area (Å²) >= 11 is 0. The molecule has 2 N–H and O–H groups in total. The third kappa shape index (κ3) is 3.20. The molecule has 1 atom stereocenters. The van der Waals surface area contributed by atoms with Crippen LogP contribution in [0.5, 0.6) is 0 Å². The van der Waals surface area contributed by atoms with Crippen molar-refractivity contribution < 1.29 is 9.18 Å². The summed E-state index contributed by atoms with van der Waals surface area (Å²) in [6, 6.07) is 3.61. The molecule has 5 nitrogen and oxygen atoms in total. The zero-order valence-corrected chi connectivity index (χ0v) is 11.1. The average molecular weight is 266 g/mol. The molecule has 2 heterocycles. The lowest BCUT2D eigenvalue weighted by atomic mass is 10.0. The molecule has 1 aliphatic rings. The van der Waals surface area contributed by atoms with Crippen molar-refractivity contribution in [2.24, 2.45) is 0 Å². The lowest BCUT2D eigenvalue weighted by molar-refractivity contribution is -0.121. The van der Waals surface area contributed by atoms with Crippen LogP contribution >= 0.6 is 0 Å². The Labute approximate surface area is 112 Å². The molecule has 1 aromatic rings. The van der Waals surface area contributed by atoms with E-state index in [9.17, 15) is 9.18 Å². The number of amides is 1. The molecule has 1 saturated heterocycles. The second kappa shape index (κ2) is 5.97. The van der Waals surface area contributed by atoms with Crippen molar-refractivity contribution in [2.45, 2.75) is 18.9 Å². The van der Waals surface area contributed by atoms with E-state index in [0.717, 1.165) is 12.1 Å². The molecule has 104 valence electrons. The summed E-state index contributed by atoms with van der Waals surface area (Å²) in [6.45, 7) is 0.625. The Balaban J connectivity index is 2.01. The van der Waals surface area contributed by atoms with Gasteiger partial charge in [0.2, 0.25) is 5.91 Å². The quantitative estimate of drug-likeness (QED) is 0.885. The molecule has 0 radical (unpaired) electrons. The number of pyridine rings is 1. The molecule has 0 aromatic carbocycles. The molecule has 0 aliphatic carbocycles. The zero-order valence-electron chi connectivity index (χ0n) is 11.1. The van der Waals surface area contributed by atoms with Crippen molar-refractivity contribution in [3.05, 3.63) is 18.3 Å². The Morgan fingerprint density at radius 1 is 1.58 bits per heavy atom. The van der Waals surface area contributed by atoms with E-state index < -0.39 is 0 Å². The highest BCUT2D eigenvalue weighted by Crippen LogP contribution is 2.22. The molecule has 0 saturated carbocycles. The number of rotatable bonds is 4. The van der Waals surface area contributed by atoms with E-state index in [1.54, 1.807) is 23.2 Å². The van der Waals surface area contributed by atoms with Crippen molar-refractivity contribution in [1.82, 2.24) is 9.88 Å². The summed E-state index contributed by atoms with van der Waals surface area (Å²) in [5.74, 6) is 0.488. The Morgan fingerprint density at radius 3 is 2.95 bits per heavy atom. The minimum Gasteiger partial charge on any atom is -0.384 e. The van der Waals surface area contributed by atoms with Crippen LogP contribution in [0.2, 0.25) is 0 Å². The number of carbonyl (C=O) groups is 1. The van der Waals surface area contributed by atoms with E-state index in [2.05, 4.69) is 4.98 Å². The summed E-state index contributed by atoms with van der Waals surface area (Å²) in [6.07, 6.45) is 2.87. The van der Waals surface area contributed by atoms with Gasteiger partial charge in [0.25, 0.3) is 0 Å². The number of piperidine rings is 1. The maximum atomic E-state index is 12.3. The van der Waals surface area contributed by atoms with E-state index in [1.165, 1.54) is 0 Å². The molecular formula is C13H19FN4O. The predicted molar refractivity (Wildman–Crippen MR) is 72.6 cm³/mol. The first-order chi connectivity index (χ1) is 9.11. The maximum absolute atomic E-state index is 12.3. The van der Waals surface area contributed by atoms with Crippen LogP contribution in [-0.2, 0) is 4.79 Å². The van der Waals surface area contributed by atoms with Gasteiger partial charge in [0.1, 0.15) is 12.5 Å². The normalized spacial score (nSPS) is 20.1. The molecule has 1 amide bonds. The van der Waals surface area contributed by atoms with E-state index in [-0.39, 0.29) is 18.6 Å². The maximum Gasteiger partial charge on any atom is 0.228 e. The number of hydrogen-bond donors (Lipinski definition) is 1. The number of aromatic nitrogens is 1. The van der Waals surface area contributed by atoms with Crippen LogP contribution in [0, 0.1) is 0 Å². The van der Waals surface area contributed by atoms with Gasteiger partial charge in [-0.05, 0) is 25.6 Å². The van der Waals surface area contributed by atoms with Gasteiger partial charge < -0.3 is 15.5 Å². The predicted octanol–water partition coefficient (Wildman–Crippen LogP) is 1.06. The van der Waals surface area contributed by atoms with Crippen LogP contribution in [0.4, 0.5) is 15.9 Å². The highest BCUT2D eigenvalue weighted by molar-refractivity contribution is 5.94. The minimum absolute atomic E-state index is 0.0496. The molecule has 19 heavy (non-hydrogen) atoms. The summed E-state index contributed by atoms with van der Waals surface area (Å²) in [5, 5.41) is 0. The number of nitrogen functional groups attached to an aromatic ring is 1. The SMILES string of the molecule is CN(CCF)C1CCN(c2ccc(N)nc2)C(=O)C1. The van der Waals surface area contributed by atoms with Gasteiger partial charge in [0.05, 0.1) is 11.9 Å². The van der Waals surface area contributed by atoms with Crippen molar-refractivity contribution in [1.29, 1.82) is 0 Å². The number of hydrogen-bond acceptors (Lipinski definition) is 4. The van der Waals surface area contributed by atoms with Gasteiger partial charge >= 0.3 is 0 Å². The Bertz CT molecular complexity index is 437. The highest BCUT2D eigenvalue weighted by atomic mass is 19.1. The number of carbonyl (C=O) groups excluding carboxylic acids is 1. The number of nitrogens with zero attached hydrogens (tertiary/aromatic N) is 3. The second-order valence-electron chi connectivity index (χ2n) is 4.80. The zero-order chi connectivity index (χ0) is 13.8. The van der Waals surface area contributed by atoms with Crippen molar-refractivity contribution in [2.75, 3.05) is 37.4 Å². The summed E-state index contributed by atoms with van der Waals surface area (Å²) in [5.41, 5.74) is 6.30. The fourth-order valence-corrected chi connectivity index (χ4v) is 2.34.